The minimum Gasteiger partial charge on any atom is -0.480 e. The number of fused-ring (bicyclic) bond motifs is 2. The maximum absolute atomic E-state index is 12.8. The van der Waals surface area contributed by atoms with Gasteiger partial charge in [-0.3, -0.25) is 4.57 Å². The molecule has 0 saturated carbocycles. The number of nitrogen functional groups attached to an aromatic ring is 1. The summed E-state index contributed by atoms with van der Waals surface area (Å²) in [6.45, 7) is -1.15. The van der Waals surface area contributed by atoms with Gasteiger partial charge in [-0.25, -0.2) is 24.9 Å². The fraction of sp³-hybridized carbons (Fsp3) is 0.158. The van der Waals surface area contributed by atoms with Crippen molar-refractivity contribution in [1.29, 1.82) is 0 Å². The number of halogens is 2. The van der Waals surface area contributed by atoms with Gasteiger partial charge in [0.05, 0.1) is 11.6 Å². The number of nitrogens with zero attached hydrogens (tertiary/aromatic N) is 8. The SMILES string of the molecule is CC(Oc1cnc(-n2ccc3cccnc32)c2ncnc(N)c12)c1ncn(C(F)F)n1. The molecule has 1 atom stereocenters. The first-order valence-corrected chi connectivity index (χ1v) is 9.20. The lowest BCUT2D eigenvalue weighted by atomic mass is 10.2. The highest BCUT2D eigenvalue weighted by atomic mass is 19.3. The minimum absolute atomic E-state index is 0.0913. The Balaban J connectivity index is 1.60. The summed E-state index contributed by atoms with van der Waals surface area (Å²) in [5, 5.41) is 5.11. The Bertz CT molecular complexity index is 1400. The summed E-state index contributed by atoms with van der Waals surface area (Å²) in [7, 11) is 0. The van der Waals surface area contributed by atoms with Crippen LogP contribution in [0.5, 0.6) is 5.75 Å². The standard InChI is InChI=1S/C19H15F2N9O/c1-10(16-27-9-30(28-16)19(20)21)31-12-7-24-18(14-13(12)15(22)26-8-25-14)29-6-4-11-3-2-5-23-17(11)29/h2-10,19H,1H3,(H2,22,25,26). The average Bonchev–Trinajstić information content (AvgIpc) is 3.42. The number of nitrogens with two attached hydrogens (primary N) is 1. The molecule has 2 N–H and O–H groups in total. The van der Waals surface area contributed by atoms with E-state index >= 15 is 0 Å². The van der Waals surface area contributed by atoms with Crippen LogP contribution in [0.4, 0.5) is 14.6 Å². The molecule has 5 rings (SSSR count). The highest BCUT2D eigenvalue weighted by Gasteiger charge is 2.21. The van der Waals surface area contributed by atoms with Gasteiger partial charge < -0.3 is 10.5 Å². The fourth-order valence-electron chi connectivity index (χ4n) is 3.27. The molecule has 0 aliphatic carbocycles. The number of pyridine rings is 2. The third-order valence-corrected chi connectivity index (χ3v) is 4.71. The lowest BCUT2D eigenvalue weighted by molar-refractivity contribution is 0.0550. The summed E-state index contributed by atoms with van der Waals surface area (Å²) in [6, 6.07) is 5.70. The highest BCUT2D eigenvalue weighted by Crippen LogP contribution is 2.34. The van der Waals surface area contributed by atoms with Crippen molar-refractivity contribution in [2.75, 3.05) is 5.73 Å². The van der Waals surface area contributed by atoms with E-state index in [-0.39, 0.29) is 17.4 Å². The number of alkyl halides is 2. The van der Waals surface area contributed by atoms with E-state index in [1.54, 1.807) is 17.7 Å². The first-order chi connectivity index (χ1) is 15.0. The fourth-order valence-corrected chi connectivity index (χ4v) is 3.27. The molecular weight excluding hydrogens is 408 g/mol. The molecule has 31 heavy (non-hydrogen) atoms. The van der Waals surface area contributed by atoms with Crippen molar-refractivity contribution in [2.24, 2.45) is 0 Å². The summed E-state index contributed by atoms with van der Waals surface area (Å²) in [5.74, 6) is 1.06. The zero-order chi connectivity index (χ0) is 21.5. The predicted molar refractivity (Wildman–Crippen MR) is 107 cm³/mol. The molecule has 5 aromatic rings. The van der Waals surface area contributed by atoms with E-state index in [4.69, 9.17) is 10.5 Å². The van der Waals surface area contributed by atoms with E-state index in [0.717, 1.165) is 11.7 Å². The van der Waals surface area contributed by atoms with Crippen molar-refractivity contribution < 1.29 is 13.5 Å². The molecule has 12 heteroatoms. The molecule has 5 heterocycles. The van der Waals surface area contributed by atoms with Crippen molar-refractivity contribution in [1.82, 2.24) is 39.3 Å². The summed E-state index contributed by atoms with van der Waals surface area (Å²) in [5.41, 5.74) is 7.29. The molecule has 5 aromatic heterocycles. The Labute approximate surface area is 173 Å². The van der Waals surface area contributed by atoms with Gasteiger partial charge in [-0.2, -0.15) is 13.5 Å². The Kier molecular flexibility index (Phi) is 4.38. The first kappa shape index (κ1) is 18.8. The van der Waals surface area contributed by atoms with Gasteiger partial charge in [0.1, 0.15) is 29.6 Å². The molecule has 0 saturated heterocycles. The van der Waals surface area contributed by atoms with Crippen molar-refractivity contribution in [2.45, 2.75) is 19.6 Å². The van der Waals surface area contributed by atoms with Gasteiger partial charge in [0, 0.05) is 17.8 Å². The smallest absolute Gasteiger partial charge is 0.334 e. The summed E-state index contributed by atoms with van der Waals surface area (Å²) < 4.78 is 33.7. The van der Waals surface area contributed by atoms with Gasteiger partial charge in [-0.15, -0.1) is 5.10 Å². The van der Waals surface area contributed by atoms with Crippen LogP contribution in [-0.2, 0) is 0 Å². The molecule has 0 spiro atoms. The second kappa shape index (κ2) is 7.23. The van der Waals surface area contributed by atoms with Crippen LogP contribution in [0.15, 0.2) is 49.4 Å². The molecule has 0 fully saturated rings. The maximum Gasteiger partial charge on any atom is 0.334 e. The van der Waals surface area contributed by atoms with Crippen molar-refractivity contribution in [3.8, 4) is 11.6 Å². The first-order valence-electron chi connectivity index (χ1n) is 9.20. The Morgan fingerprint density at radius 1 is 1.10 bits per heavy atom. The van der Waals surface area contributed by atoms with E-state index < -0.39 is 12.7 Å². The number of rotatable bonds is 5. The average molecular weight is 423 g/mol. The molecule has 0 aliphatic heterocycles. The van der Waals surface area contributed by atoms with Gasteiger partial charge in [0.25, 0.3) is 0 Å². The van der Waals surface area contributed by atoms with E-state index in [1.165, 1.54) is 12.5 Å². The van der Waals surface area contributed by atoms with E-state index in [2.05, 4.69) is 30.0 Å². The molecule has 0 aromatic carbocycles. The largest absolute Gasteiger partial charge is 0.480 e. The van der Waals surface area contributed by atoms with Crippen molar-refractivity contribution in [3.63, 3.8) is 0 Å². The normalized spacial score (nSPS) is 12.6. The van der Waals surface area contributed by atoms with Gasteiger partial charge >= 0.3 is 6.55 Å². The summed E-state index contributed by atoms with van der Waals surface area (Å²) in [6.07, 6.45) is 6.54. The highest BCUT2D eigenvalue weighted by molar-refractivity contribution is 5.97. The third kappa shape index (κ3) is 3.17. The predicted octanol–water partition coefficient (Wildman–Crippen LogP) is 3.07. The molecule has 0 bridgehead atoms. The van der Waals surface area contributed by atoms with Crippen LogP contribution in [0.3, 0.4) is 0 Å². The van der Waals surface area contributed by atoms with Crippen LogP contribution in [0.25, 0.3) is 27.8 Å². The zero-order valence-electron chi connectivity index (χ0n) is 16.1. The van der Waals surface area contributed by atoms with E-state index in [0.29, 0.717) is 27.0 Å². The van der Waals surface area contributed by atoms with Gasteiger partial charge in [-0.1, -0.05) is 0 Å². The molecular formula is C19H15F2N9O. The van der Waals surface area contributed by atoms with Crippen LogP contribution in [0, 0.1) is 0 Å². The van der Waals surface area contributed by atoms with Crippen LogP contribution in [0.1, 0.15) is 25.4 Å². The van der Waals surface area contributed by atoms with Gasteiger partial charge in [0.2, 0.25) is 0 Å². The molecule has 156 valence electrons. The van der Waals surface area contributed by atoms with Crippen LogP contribution >= 0.6 is 0 Å². The minimum atomic E-state index is -2.79. The number of hydrogen-bond donors (Lipinski definition) is 1. The molecule has 0 radical (unpaired) electrons. The van der Waals surface area contributed by atoms with Crippen molar-refractivity contribution in [3.05, 3.63) is 55.3 Å². The van der Waals surface area contributed by atoms with Crippen LogP contribution < -0.4 is 10.5 Å². The number of hydrogen-bond acceptors (Lipinski definition) is 8. The molecule has 0 aliphatic rings. The molecule has 10 nitrogen and oxygen atoms in total. The second-order valence-corrected chi connectivity index (χ2v) is 6.65. The summed E-state index contributed by atoms with van der Waals surface area (Å²) in [4.78, 5) is 21.2. The number of ether oxygens (including phenoxy) is 1. The molecule has 1 unspecified atom stereocenters. The Morgan fingerprint density at radius 2 is 1.97 bits per heavy atom. The third-order valence-electron chi connectivity index (χ3n) is 4.71. The van der Waals surface area contributed by atoms with E-state index in [1.807, 2.05) is 24.4 Å². The van der Waals surface area contributed by atoms with Gasteiger partial charge in [-0.05, 0) is 25.1 Å². The quantitative estimate of drug-likeness (QED) is 0.458. The zero-order valence-corrected chi connectivity index (χ0v) is 16.1. The maximum atomic E-state index is 12.8. The van der Waals surface area contributed by atoms with E-state index in [9.17, 15) is 8.78 Å². The lowest BCUT2D eigenvalue weighted by Crippen LogP contribution is -2.09. The van der Waals surface area contributed by atoms with Gasteiger partial charge in [0.15, 0.2) is 23.5 Å². The lowest BCUT2D eigenvalue weighted by Gasteiger charge is -2.16. The van der Waals surface area contributed by atoms with Crippen molar-refractivity contribution >= 4 is 27.8 Å². The molecule has 0 amide bonds. The topological polar surface area (TPSA) is 122 Å². The summed E-state index contributed by atoms with van der Waals surface area (Å²) >= 11 is 0. The monoisotopic (exact) mass is 423 g/mol. The number of anilines is 1. The second-order valence-electron chi connectivity index (χ2n) is 6.65. The Hall–Kier alpha value is -4.22. The van der Waals surface area contributed by atoms with Crippen LogP contribution in [-0.4, -0.2) is 39.3 Å². The number of aromatic nitrogens is 8. The van der Waals surface area contributed by atoms with Crippen LogP contribution in [0.2, 0.25) is 0 Å². The Morgan fingerprint density at radius 3 is 2.77 bits per heavy atom.